The lowest BCUT2D eigenvalue weighted by molar-refractivity contribution is 0.415. The molecule has 0 bridgehead atoms. The maximum atomic E-state index is 14.1. The first-order chi connectivity index (χ1) is 10.7. The number of benzene rings is 2. The Morgan fingerprint density at radius 2 is 1.73 bits per heavy atom. The standard InChI is InChI=1S/C17H14FNO3/c1-21-11-5-3-10(4-6-11)12-9-19-16-14(22-2)8-7-13(18)15(16)17(12)20/h3-9H,1-2H3,(H,19,20). The fraction of sp³-hybridized carbons (Fsp3) is 0.118. The lowest BCUT2D eigenvalue weighted by Gasteiger charge is -2.08. The van der Waals surface area contributed by atoms with Crippen LogP contribution in [0.15, 0.2) is 47.4 Å². The maximum Gasteiger partial charge on any atom is 0.200 e. The predicted molar refractivity (Wildman–Crippen MR) is 83.1 cm³/mol. The van der Waals surface area contributed by atoms with E-state index < -0.39 is 5.82 Å². The molecular formula is C17H14FNO3. The van der Waals surface area contributed by atoms with Crippen molar-refractivity contribution in [1.82, 2.24) is 4.98 Å². The Morgan fingerprint density at radius 3 is 2.36 bits per heavy atom. The van der Waals surface area contributed by atoms with Gasteiger partial charge in [-0.05, 0) is 29.8 Å². The highest BCUT2D eigenvalue weighted by atomic mass is 19.1. The summed E-state index contributed by atoms with van der Waals surface area (Å²) in [6, 6.07) is 9.73. The van der Waals surface area contributed by atoms with Gasteiger partial charge < -0.3 is 14.5 Å². The predicted octanol–water partition coefficient (Wildman–Crippen LogP) is 3.35. The van der Waals surface area contributed by atoms with E-state index >= 15 is 0 Å². The lowest BCUT2D eigenvalue weighted by atomic mass is 10.0. The third-order valence-electron chi connectivity index (χ3n) is 3.57. The fourth-order valence-corrected chi connectivity index (χ4v) is 2.42. The summed E-state index contributed by atoms with van der Waals surface area (Å²) in [6.07, 6.45) is 1.56. The van der Waals surface area contributed by atoms with Crippen LogP contribution in [0.1, 0.15) is 0 Å². The van der Waals surface area contributed by atoms with Crippen LogP contribution in [-0.2, 0) is 0 Å². The molecule has 22 heavy (non-hydrogen) atoms. The Hall–Kier alpha value is -2.82. The number of pyridine rings is 1. The number of rotatable bonds is 3. The molecule has 5 heteroatoms. The monoisotopic (exact) mass is 299 g/mol. The molecule has 0 radical (unpaired) electrons. The minimum absolute atomic E-state index is 0.00679. The molecule has 0 amide bonds. The normalized spacial score (nSPS) is 10.7. The highest BCUT2D eigenvalue weighted by Gasteiger charge is 2.14. The van der Waals surface area contributed by atoms with Gasteiger partial charge in [-0.25, -0.2) is 4.39 Å². The van der Waals surface area contributed by atoms with E-state index in [1.807, 2.05) is 0 Å². The summed E-state index contributed by atoms with van der Waals surface area (Å²) in [5.74, 6) is 0.538. The first-order valence-electron chi connectivity index (χ1n) is 6.68. The smallest absolute Gasteiger partial charge is 0.200 e. The van der Waals surface area contributed by atoms with Crippen LogP contribution < -0.4 is 14.9 Å². The van der Waals surface area contributed by atoms with Crippen LogP contribution in [0.2, 0.25) is 0 Å². The molecule has 1 aromatic heterocycles. The Balaban J connectivity index is 2.26. The molecule has 0 atom stereocenters. The largest absolute Gasteiger partial charge is 0.497 e. The Morgan fingerprint density at radius 1 is 1.00 bits per heavy atom. The molecule has 112 valence electrons. The van der Waals surface area contributed by atoms with E-state index in [-0.39, 0.29) is 10.8 Å². The van der Waals surface area contributed by atoms with E-state index in [2.05, 4.69) is 4.98 Å². The van der Waals surface area contributed by atoms with Gasteiger partial charge in [-0.2, -0.15) is 0 Å². The van der Waals surface area contributed by atoms with Crippen molar-refractivity contribution in [3.05, 3.63) is 58.6 Å². The summed E-state index contributed by atoms with van der Waals surface area (Å²) in [4.78, 5) is 15.6. The zero-order valence-electron chi connectivity index (χ0n) is 12.1. The van der Waals surface area contributed by atoms with Crippen LogP contribution in [0.5, 0.6) is 11.5 Å². The fourth-order valence-electron chi connectivity index (χ4n) is 2.42. The van der Waals surface area contributed by atoms with Crippen molar-refractivity contribution in [2.45, 2.75) is 0 Å². The summed E-state index contributed by atoms with van der Waals surface area (Å²) in [5, 5.41) is -0.00679. The van der Waals surface area contributed by atoms with Gasteiger partial charge in [0.25, 0.3) is 0 Å². The van der Waals surface area contributed by atoms with Gasteiger partial charge in [0.15, 0.2) is 5.43 Å². The van der Waals surface area contributed by atoms with E-state index in [0.29, 0.717) is 28.1 Å². The quantitative estimate of drug-likeness (QED) is 0.807. The summed E-state index contributed by atoms with van der Waals surface area (Å²) >= 11 is 0. The number of H-pyrrole nitrogens is 1. The van der Waals surface area contributed by atoms with Crippen molar-refractivity contribution in [3.8, 4) is 22.6 Å². The molecular weight excluding hydrogens is 285 g/mol. The molecule has 3 aromatic rings. The van der Waals surface area contributed by atoms with E-state index in [1.165, 1.54) is 19.2 Å². The number of fused-ring (bicyclic) bond motifs is 1. The number of ether oxygens (including phenoxy) is 2. The molecule has 0 saturated carbocycles. The molecule has 0 aliphatic carbocycles. The Bertz CT molecular complexity index is 885. The lowest BCUT2D eigenvalue weighted by Crippen LogP contribution is -2.09. The molecule has 1 heterocycles. The topological polar surface area (TPSA) is 51.3 Å². The van der Waals surface area contributed by atoms with E-state index in [1.54, 1.807) is 37.6 Å². The van der Waals surface area contributed by atoms with E-state index in [0.717, 1.165) is 0 Å². The van der Waals surface area contributed by atoms with Crippen LogP contribution in [0, 0.1) is 5.82 Å². The van der Waals surface area contributed by atoms with E-state index in [9.17, 15) is 9.18 Å². The second kappa shape index (κ2) is 5.52. The van der Waals surface area contributed by atoms with Crippen LogP contribution in [-0.4, -0.2) is 19.2 Å². The van der Waals surface area contributed by atoms with Crippen molar-refractivity contribution in [2.75, 3.05) is 14.2 Å². The zero-order valence-corrected chi connectivity index (χ0v) is 12.1. The van der Waals surface area contributed by atoms with Crippen LogP contribution in [0.4, 0.5) is 4.39 Å². The number of aromatic amines is 1. The maximum absolute atomic E-state index is 14.1. The first kappa shape index (κ1) is 14.1. The molecule has 0 spiro atoms. The summed E-state index contributed by atoms with van der Waals surface area (Å²) in [6.45, 7) is 0. The SMILES string of the molecule is COc1ccc(-c2c[nH]c3c(OC)ccc(F)c3c2=O)cc1. The van der Waals surface area contributed by atoms with Crippen molar-refractivity contribution >= 4 is 10.9 Å². The zero-order chi connectivity index (χ0) is 15.7. The molecule has 0 fully saturated rings. The first-order valence-corrected chi connectivity index (χ1v) is 6.68. The highest BCUT2D eigenvalue weighted by Crippen LogP contribution is 2.26. The third kappa shape index (κ3) is 2.20. The second-order valence-corrected chi connectivity index (χ2v) is 4.76. The molecule has 4 nitrogen and oxygen atoms in total. The van der Waals surface area contributed by atoms with Gasteiger partial charge in [0.1, 0.15) is 17.3 Å². The van der Waals surface area contributed by atoms with Gasteiger partial charge in [0.05, 0.1) is 25.1 Å². The van der Waals surface area contributed by atoms with Gasteiger partial charge in [-0.1, -0.05) is 12.1 Å². The van der Waals surface area contributed by atoms with Crippen molar-refractivity contribution in [2.24, 2.45) is 0 Å². The van der Waals surface area contributed by atoms with E-state index in [4.69, 9.17) is 9.47 Å². The summed E-state index contributed by atoms with van der Waals surface area (Å²) in [7, 11) is 3.04. The number of nitrogens with one attached hydrogen (secondary N) is 1. The minimum atomic E-state index is -0.576. The van der Waals surface area contributed by atoms with Crippen molar-refractivity contribution < 1.29 is 13.9 Å². The summed E-state index contributed by atoms with van der Waals surface area (Å²) in [5.41, 5.74) is 1.05. The van der Waals surface area contributed by atoms with Gasteiger partial charge in [-0.3, -0.25) is 4.79 Å². The molecule has 0 aliphatic rings. The Kier molecular flexibility index (Phi) is 3.55. The number of halogens is 1. The Labute approximate surface area is 126 Å². The molecule has 1 N–H and O–H groups in total. The highest BCUT2D eigenvalue weighted by molar-refractivity contribution is 5.88. The summed E-state index contributed by atoms with van der Waals surface area (Å²) < 4.78 is 24.3. The van der Waals surface area contributed by atoms with Crippen molar-refractivity contribution in [3.63, 3.8) is 0 Å². The molecule has 2 aromatic carbocycles. The molecule has 0 aliphatic heterocycles. The average Bonchev–Trinajstić information content (AvgIpc) is 2.55. The molecule has 0 saturated heterocycles. The van der Waals surface area contributed by atoms with Crippen molar-refractivity contribution in [1.29, 1.82) is 0 Å². The third-order valence-corrected chi connectivity index (χ3v) is 3.57. The average molecular weight is 299 g/mol. The van der Waals surface area contributed by atoms with Gasteiger partial charge in [0, 0.05) is 11.8 Å². The number of methoxy groups -OCH3 is 2. The van der Waals surface area contributed by atoms with Gasteiger partial charge in [-0.15, -0.1) is 0 Å². The van der Waals surface area contributed by atoms with Crippen LogP contribution >= 0.6 is 0 Å². The van der Waals surface area contributed by atoms with Gasteiger partial charge in [0.2, 0.25) is 0 Å². The molecule has 3 rings (SSSR count). The number of aromatic nitrogens is 1. The van der Waals surface area contributed by atoms with Gasteiger partial charge >= 0.3 is 0 Å². The van der Waals surface area contributed by atoms with Crippen LogP contribution in [0.3, 0.4) is 0 Å². The number of hydrogen-bond acceptors (Lipinski definition) is 3. The minimum Gasteiger partial charge on any atom is -0.497 e. The number of hydrogen-bond donors (Lipinski definition) is 1. The molecule has 0 unspecified atom stereocenters. The van der Waals surface area contributed by atoms with Crippen LogP contribution in [0.25, 0.3) is 22.0 Å². The second-order valence-electron chi connectivity index (χ2n) is 4.76.